The highest BCUT2D eigenvalue weighted by Gasteiger charge is 2.63. The molecule has 0 spiro atoms. The predicted molar refractivity (Wildman–Crippen MR) is 125 cm³/mol. The van der Waals surface area contributed by atoms with Gasteiger partial charge in [-0.15, -0.1) is 0 Å². The molecule has 1 saturated heterocycles. The first-order valence-electron chi connectivity index (χ1n) is 11.1. The van der Waals surface area contributed by atoms with Crippen molar-refractivity contribution in [3.63, 3.8) is 0 Å². The molecule has 0 aromatic heterocycles. The number of hydrogen-bond donors (Lipinski definition) is 1. The van der Waals surface area contributed by atoms with Crippen LogP contribution in [-0.4, -0.2) is 48.0 Å². The second-order valence-electron chi connectivity index (χ2n) is 8.12. The van der Waals surface area contributed by atoms with Crippen molar-refractivity contribution in [3.05, 3.63) is 90.0 Å². The van der Waals surface area contributed by atoms with Crippen molar-refractivity contribution in [2.75, 3.05) is 13.7 Å². The number of alkyl halides is 3. The number of hydrogen-bond acceptors (Lipinski definition) is 6. The molecule has 1 aliphatic heterocycles. The quantitative estimate of drug-likeness (QED) is 0.551. The smallest absolute Gasteiger partial charge is 0.492 e. The van der Waals surface area contributed by atoms with E-state index in [9.17, 15) is 22.8 Å². The number of amides is 1. The normalized spacial score (nSPS) is 20.4. The third-order valence-electron chi connectivity index (χ3n) is 5.98. The van der Waals surface area contributed by atoms with Crippen LogP contribution in [0.1, 0.15) is 18.1 Å². The monoisotopic (exact) mass is 499 g/mol. The van der Waals surface area contributed by atoms with E-state index in [2.05, 4.69) is 0 Å². The second-order valence-corrected chi connectivity index (χ2v) is 8.12. The van der Waals surface area contributed by atoms with Crippen molar-refractivity contribution >= 4 is 11.9 Å². The molecule has 2 unspecified atom stereocenters. The van der Waals surface area contributed by atoms with Gasteiger partial charge >= 0.3 is 12.1 Å². The van der Waals surface area contributed by atoms with Gasteiger partial charge in [0.15, 0.2) is 11.8 Å². The van der Waals surface area contributed by atoms with E-state index in [0.717, 1.165) is 10.5 Å². The molecule has 36 heavy (non-hydrogen) atoms. The van der Waals surface area contributed by atoms with Gasteiger partial charge in [-0.1, -0.05) is 71.8 Å². The number of rotatable bonds is 6. The highest BCUT2D eigenvalue weighted by Crippen LogP contribution is 2.48. The summed E-state index contributed by atoms with van der Waals surface area (Å²) in [5.74, 6) is -2.97. The summed E-state index contributed by atoms with van der Waals surface area (Å²) >= 11 is 0. The van der Waals surface area contributed by atoms with E-state index in [1.54, 1.807) is 55.5 Å². The molecule has 188 valence electrons. The Labute approximate surface area is 205 Å². The molecule has 0 radical (unpaired) electrons. The zero-order valence-corrected chi connectivity index (χ0v) is 19.5. The van der Waals surface area contributed by atoms with Crippen LogP contribution in [0.3, 0.4) is 0 Å². The first-order chi connectivity index (χ1) is 17.1. The molecule has 3 aromatic rings. The van der Waals surface area contributed by atoms with Gasteiger partial charge in [-0.2, -0.15) is 13.2 Å². The Hall–Kier alpha value is -3.89. The molecular formula is C26H24F3N3O4. The Kier molecular flexibility index (Phi) is 6.75. The average Bonchev–Trinajstić information content (AvgIpc) is 3.06. The molecule has 0 aliphatic carbocycles. The average molecular weight is 499 g/mol. The third-order valence-corrected chi connectivity index (χ3v) is 5.98. The summed E-state index contributed by atoms with van der Waals surface area (Å²) in [6.07, 6.45) is -6.83. The van der Waals surface area contributed by atoms with E-state index in [4.69, 9.17) is 15.3 Å². The zero-order valence-electron chi connectivity index (χ0n) is 19.5. The van der Waals surface area contributed by atoms with Gasteiger partial charge in [-0.25, -0.2) is 4.79 Å². The highest BCUT2D eigenvalue weighted by molar-refractivity contribution is 5.95. The van der Waals surface area contributed by atoms with E-state index in [1.807, 2.05) is 30.3 Å². The SMILES string of the molecule is CCOc1ccc(-c2ccccc2)cc1C1(c2ccccc2)C(=O)N(C)C(N)N1OC(=O)C(F)(F)F. The standard InChI is InChI=1S/C26H24F3N3O4/c1-3-35-21-15-14-18(17-10-6-4-7-11-17)16-20(21)25(19-12-8-5-9-13-19)22(33)31(2)24(30)32(25)36-23(34)26(27,28)29/h4-16,24H,3,30H2,1-2H3. The van der Waals surface area contributed by atoms with Crippen molar-refractivity contribution in [1.82, 2.24) is 9.96 Å². The molecule has 0 bridgehead atoms. The maximum atomic E-state index is 14.0. The van der Waals surface area contributed by atoms with Gasteiger partial charge in [0.1, 0.15) is 5.75 Å². The van der Waals surface area contributed by atoms with Crippen LogP contribution in [0.4, 0.5) is 13.2 Å². The number of likely N-dealkylation sites (N-methyl/N-ethyl adjacent to an activating group) is 1. The molecule has 1 aliphatic rings. The Bertz CT molecular complexity index is 1250. The molecule has 2 atom stereocenters. The fraction of sp³-hybridized carbons (Fsp3) is 0.231. The van der Waals surface area contributed by atoms with Gasteiger partial charge in [0, 0.05) is 12.6 Å². The first-order valence-corrected chi connectivity index (χ1v) is 11.1. The lowest BCUT2D eigenvalue weighted by molar-refractivity contribution is -0.260. The van der Waals surface area contributed by atoms with Crippen LogP contribution >= 0.6 is 0 Å². The Morgan fingerprint density at radius 2 is 1.61 bits per heavy atom. The fourth-order valence-electron chi connectivity index (χ4n) is 4.31. The summed E-state index contributed by atoms with van der Waals surface area (Å²) in [5, 5.41) is 0.604. The number of halogens is 3. The summed E-state index contributed by atoms with van der Waals surface area (Å²) in [6, 6.07) is 22.3. The highest BCUT2D eigenvalue weighted by atomic mass is 19.4. The fourth-order valence-corrected chi connectivity index (χ4v) is 4.31. The number of nitrogens with zero attached hydrogens (tertiary/aromatic N) is 2. The number of carbonyl (C=O) groups is 2. The lowest BCUT2D eigenvalue weighted by Crippen LogP contribution is -2.53. The number of carbonyl (C=O) groups excluding carboxylic acids is 2. The molecular weight excluding hydrogens is 475 g/mol. The molecule has 3 aromatic carbocycles. The van der Waals surface area contributed by atoms with Crippen LogP contribution in [0.2, 0.25) is 0 Å². The summed E-state index contributed by atoms with van der Waals surface area (Å²) in [4.78, 5) is 31.9. The lowest BCUT2D eigenvalue weighted by atomic mass is 9.80. The molecule has 0 saturated carbocycles. The Balaban J connectivity index is 2.05. The van der Waals surface area contributed by atoms with E-state index in [-0.39, 0.29) is 23.5 Å². The van der Waals surface area contributed by atoms with Gasteiger partial charge in [0.2, 0.25) is 0 Å². The number of nitrogens with two attached hydrogens (primary N) is 1. The van der Waals surface area contributed by atoms with Crippen LogP contribution in [0.15, 0.2) is 78.9 Å². The van der Waals surface area contributed by atoms with Crippen molar-refractivity contribution in [2.24, 2.45) is 5.73 Å². The first kappa shape index (κ1) is 25.2. The van der Waals surface area contributed by atoms with Crippen LogP contribution < -0.4 is 10.5 Å². The van der Waals surface area contributed by atoms with Crippen LogP contribution in [0.25, 0.3) is 11.1 Å². The van der Waals surface area contributed by atoms with Crippen LogP contribution in [0.5, 0.6) is 5.75 Å². The maximum Gasteiger partial charge on any atom is 0.492 e. The van der Waals surface area contributed by atoms with Crippen LogP contribution in [0, 0.1) is 0 Å². The molecule has 2 N–H and O–H groups in total. The van der Waals surface area contributed by atoms with E-state index < -0.39 is 29.9 Å². The molecule has 1 fully saturated rings. The largest absolute Gasteiger partial charge is 0.493 e. The molecule has 4 rings (SSSR count). The van der Waals surface area contributed by atoms with Gasteiger partial charge in [-0.3, -0.25) is 10.5 Å². The van der Waals surface area contributed by atoms with Crippen molar-refractivity contribution in [1.29, 1.82) is 0 Å². The third kappa shape index (κ3) is 4.18. The molecule has 7 nitrogen and oxygen atoms in total. The van der Waals surface area contributed by atoms with Crippen molar-refractivity contribution < 1.29 is 32.3 Å². The van der Waals surface area contributed by atoms with Gasteiger partial charge in [0.05, 0.1) is 6.61 Å². The van der Waals surface area contributed by atoms with Gasteiger partial charge in [0.25, 0.3) is 5.91 Å². The second kappa shape index (κ2) is 9.63. The molecule has 1 heterocycles. The summed E-state index contributed by atoms with van der Waals surface area (Å²) in [5.41, 5.74) is 6.00. The number of benzene rings is 3. The minimum atomic E-state index is -5.32. The number of ether oxygens (including phenoxy) is 1. The maximum absolute atomic E-state index is 14.0. The summed E-state index contributed by atoms with van der Waals surface area (Å²) in [6.45, 7) is 1.95. The topological polar surface area (TPSA) is 85.1 Å². The Morgan fingerprint density at radius 3 is 2.19 bits per heavy atom. The molecule has 10 heteroatoms. The van der Waals surface area contributed by atoms with Crippen molar-refractivity contribution in [3.8, 4) is 16.9 Å². The minimum Gasteiger partial charge on any atom is -0.493 e. The van der Waals surface area contributed by atoms with Crippen LogP contribution in [-0.2, 0) is 20.0 Å². The zero-order chi connectivity index (χ0) is 26.1. The van der Waals surface area contributed by atoms with Gasteiger partial charge in [-0.05, 0) is 35.7 Å². The molecule has 1 amide bonds. The summed E-state index contributed by atoms with van der Waals surface area (Å²) < 4.78 is 45.7. The Morgan fingerprint density at radius 1 is 1.00 bits per heavy atom. The van der Waals surface area contributed by atoms with E-state index in [0.29, 0.717) is 10.6 Å². The van der Waals surface area contributed by atoms with E-state index >= 15 is 0 Å². The van der Waals surface area contributed by atoms with E-state index in [1.165, 1.54) is 7.05 Å². The van der Waals surface area contributed by atoms with Crippen molar-refractivity contribution in [2.45, 2.75) is 24.9 Å². The lowest BCUT2D eigenvalue weighted by Gasteiger charge is -2.36. The summed E-state index contributed by atoms with van der Waals surface area (Å²) in [7, 11) is 1.33. The minimum absolute atomic E-state index is 0.177. The van der Waals surface area contributed by atoms with Gasteiger partial charge < -0.3 is 14.5 Å². The predicted octanol–water partition coefficient (Wildman–Crippen LogP) is 4.03. The number of hydroxylamine groups is 2.